The number of hydrogen-bond acceptors (Lipinski definition) is 2. The van der Waals surface area contributed by atoms with Crippen molar-refractivity contribution < 1.29 is 9.53 Å². The van der Waals surface area contributed by atoms with E-state index in [1.807, 2.05) is 35.2 Å². The largest absolute Gasteiger partial charge is 0.497 e. The van der Waals surface area contributed by atoms with Crippen molar-refractivity contribution in [1.82, 2.24) is 0 Å². The molecule has 1 aliphatic heterocycles. The summed E-state index contributed by atoms with van der Waals surface area (Å²) in [4.78, 5) is 15.0. The van der Waals surface area contributed by atoms with Gasteiger partial charge in [-0.1, -0.05) is 71.8 Å². The molecule has 0 aromatic heterocycles. The Hall–Kier alpha value is -3.85. The normalized spacial score (nSPS) is 17.7. The van der Waals surface area contributed by atoms with E-state index in [4.69, 9.17) is 4.74 Å². The third kappa shape index (κ3) is 4.12. The number of aryl methyl sites for hydroxylation is 2. The van der Waals surface area contributed by atoms with Crippen LogP contribution in [0.2, 0.25) is 0 Å². The second-order valence-corrected chi connectivity index (χ2v) is 9.68. The summed E-state index contributed by atoms with van der Waals surface area (Å²) < 4.78 is 5.33. The van der Waals surface area contributed by atoms with Gasteiger partial charge in [0.1, 0.15) is 5.75 Å². The van der Waals surface area contributed by atoms with Gasteiger partial charge >= 0.3 is 0 Å². The van der Waals surface area contributed by atoms with Crippen LogP contribution in [-0.2, 0) is 11.2 Å². The molecule has 0 spiro atoms. The standard InChI is InChI=1S/C32H31NO2/c1-20(2)31(29-16-17-30(34)33(29)25-11-13-26(35-5)14-12-25)28-19-24-18-22(4)8-15-27(24)32(28)23-9-6-21(3)7-10-23/h6-18,29,31H,1,19H2,2-5H3/t29-,31?/m1/s1. The molecule has 0 radical (unpaired) electrons. The van der Waals surface area contributed by atoms with Crippen LogP contribution in [-0.4, -0.2) is 19.1 Å². The van der Waals surface area contributed by atoms with Crippen molar-refractivity contribution in [3.8, 4) is 5.75 Å². The van der Waals surface area contributed by atoms with Gasteiger partial charge in [0.15, 0.2) is 0 Å². The number of anilines is 1. The molecule has 0 N–H and O–H groups in total. The fourth-order valence-electron chi connectivity index (χ4n) is 5.50. The van der Waals surface area contributed by atoms with Crippen molar-refractivity contribution in [1.29, 1.82) is 0 Å². The first kappa shape index (κ1) is 22.9. The SMILES string of the molecule is C=C(C)C(C1=C(c2ccc(C)cc2)c2ccc(C)cc2C1)[C@H]1C=CC(=O)N1c1ccc(OC)cc1. The van der Waals surface area contributed by atoms with Gasteiger partial charge in [0.25, 0.3) is 5.91 Å². The lowest BCUT2D eigenvalue weighted by molar-refractivity contribution is -0.114. The van der Waals surface area contributed by atoms with E-state index in [0.29, 0.717) is 0 Å². The molecule has 0 bridgehead atoms. The van der Waals surface area contributed by atoms with Crippen molar-refractivity contribution in [3.05, 3.63) is 124 Å². The lowest BCUT2D eigenvalue weighted by Gasteiger charge is -2.34. The van der Waals surface area contributed by atoms with E-state index in [2.05, 4.69) is 69.8 Å². The summed E-state index contributed by atoms with van der Waals surface area (Å²) in [5, 5.41) is 0. The van der Waals surface area contributed by atoms with Gasteiger partial charge in [-0.25, -0.2) is 0 Å². The van der Waals surface area contributed by atoms with Crippen LogP contribution in [0.15, 0.2) is 96.6 Å². The minimum atomic E-state index is -0.140. The maximum Gasteiger partial charge on any atom is 0.251 e. The molecule has 35 heavy (non-hydrogen) atoms. The van der Waals surface area contributed by atoms with Crippen LogP contribution in [0.5, 0.6) is 5.75 Å². The minimum Gasteiger partial charge on any atom is -0.497 e. The van der Waals surface area contributed by atoms with E-state index in [0.717, 1.165) is 23.4 Å². The van der Waals surface area contributed by atoms with Gasteiger partial charge in [0.05, 0.1) is 13.2 Å². The summed E-state index contributed by atoms with van der Waals surface area (Å²) in [6, 6.07) is 23.1. The summed E-state index contributed by atoms with van der Waals surface area (Å²) in [6.07, 6.45) is 4.59. The van der Waals surface area contributed by atoms with Crippen LogP contribution in [0.4, 0.5) is 5.69 Å². The zero-order valence-electron chi connectivity index (χ0n) is 20.8. The number of benzene rings is 3. The molecule has 176 valence electrons. The van der Waals surface area contributed by atoms with Gasteiger partial charge in [-0.15, -0.1) is 0 Å². The Labute approximate surface area is 208 Å². The molecule has 3 aromatic rings. The Morgan fingerprint density at radius 1 is 1.00 bits per heavy atom. The van der Waals surface area contributed by atoms with Crippen molar-refractivity contribution in [2.24, 2.45) is 5.92 Å². The van der Waals surface area contributed by atoms with E-state index in [9.17, 15) is 4.79 Å². The first-order valence-corrected chi connectivity index (χ1v) is 12.1. The zero-order chi connectivity index (χ0) is 24.7. The number of carbonyl (C=O) groups excluding carboxylic acids is 1. The number of fused-ring (bicyclic) bond motifs is 1. The van der Waals surface area contributed by atoms with Crippen LogP contribution in [0.3, 0.4) is 0 Å². The summed E-state index contributed by atoms with van der Waals surface area (Å²) in [7, 11) is 1.65. The molecule has 3 heteroatoms. The number of carbonyl (C=O) groups is 1. The molecule has 2 aliphatic rings. The monoisotopic (exact) mass is 461 g/mol. The van der Waals surface area contributed by atoms with E-state index < -0.39 is 0 Å². The zero-order valence-corrected chi connectivity index (χ0v) is 20.8. The molecular formula is C32H31NO2. The summed E-state index contributed by atoms with van der Waals surface area (Å²) in [5.41, 5.74) is 10.8. The quantitative estimate of drug-likeness (QED) is 0.376. The Balaban J connectivity index is 1.65. The van der Waals surface area contributed by atoms with Gasteiger partial charge in [0, 0.05) is 17.7 Å². The number of nitrogens with zero attached hydrogens (tertiary/aromatic N) is 1. The second-order valence-electron chi connectivity index (χ2n) is 9.68. The average Bonchev–Trinajstić information content (AvgIpc) is 3.40. The van der Waals surface area contributed by atoms with Gasteiger partial charge in [-0.05, 0) is 79.3 Å². The number of methoxy groups -OCH3 is 1. The van der Waals surface area contributed by atoms with Crippen molar-refractivity contribution >= 4 is 17.2 Å². The van der Waals surface area contributed by atoms with Gasteiger partial charge in [-0.2, -0.15) is 0 Å². The molecule has 5 rings (SSSR count). The predicted molar refractivity (Wildman–Crippen MR) is 144 cm³/mol. The molecule has 1 aliphatic carbocycles. The Morgan fingerprint density at radius 2 is 1.69 bits per heavy atom. The third-order valence-corrected chi connectivity index (χ3v) is 7.14. The molecule has 2 atom stereocenters. The summed E-state index contributed by atoms with van der Waals surface area (Å²) in [6.45, 7) is 10.8. The first-order chi connectivity index (χ1) is 16.9. The molecule has 0 fully saturated rings. The molecular weight excluding hydrogens is 430 g/mol. The van der Waals surface area contributed by atoms with Gasteiger partial charge < -0.3 is 9.64 Å². The van der Waals surface area contributed by atoms with Crippen LogP contribution in [0, 0.1) is 19.8 Å². The lowest BCUT2D eigenvalue weighted by Crippen LogP contribution is -2.40. The van der Waals surface area contributed by atoms with E-state index in [-0.39, 0.29) is 17.9 Å². The van der Waals surface area contributed by atoms with Crippen LogP contribution in [0.25, 0.3) is 5.57 Å². The second kappa shape index (κ2) is 9.07. The molecule has 0 saturated carbocycles. The highest BCUT2D eigenvalue weighted by atomic mass is 16.5. The fourth-order valence-corrected chi connectivity index (χ4v) is 5.50. The fraction of sp³-hybridized carbons (Fsp3) is 0.219. The number of amides is 1. The van der Waals surface area contributed by atoms with Gasteiger partial charge in [-0.3, -0.25) is 4.79 Å². The third-order valence-electron chi connectivity index (χ3n) is 7.14. The van der Waals surface area contributed by atoms with Gasteiger partial charge in [0.2, 0.25) is 0 Å². The smallest absolute Gasteiger partial charge is 0.251 e. The van der Waals surface area contributed by atoms with E-state index in [1.165, 1.54) is 39.0 Å². The van der Waals surface area contributed by atoms with Crippen molar-refractivity contribution in [2.45, 2.75) is 33.2 Å². The van der Waals surface area contributed by atoms with Crippen LogP contribution >= 0.6 is 0 Å². The molecule has 1 heterocycles. The van der Waals surface area contributed by atoms with Crippen molar-refractivity contribution in [2.75, 3.05) is 12.0 Å². The summed E-state index contributed by atoms with van der Waals surface area (Å²) in [5.74, 6) is 0.756. The average molecular weight is 462 g/mol. The maximum atomic E-state index is 13.1. The summed E-state index contributed by atoms with van der Waals surface area (Å²) >= 11 is 0. The van der Waals surface area contributed by atoms with Crippen LogP contribution in [0.1, 0.15) is 34.7 Å². The lowest BCUT2D eigenvalue weighted by atomic mass is 9.81. The molecule has 3 nitrogen and oxygen atoms in total. The highest BCUT2D eigenvalue weighted by Gasteiger charge is 2.39. The molecule has 1 unspecified atom stereocenters. The Morgan fingerprint density at radius 3 is 2.34 bits per heavy atom. The molecule has 0 saturated heterocycles. The van der Waals surface area contributed by atoms with E-state index >= 15 is 0 Å². The predicted octanol–water partition coefficient (Wildman–Crippen LogP) is 6.83. The number of rotatable bonds is 6. The maximum absolute atomic E-state index is 13.1. The Kier molecular flexibility index (Phi) is 5.94. The number of ether oxygens (including phenoxy) is 1. The van der Waals surface area contributed by atoms with Crippen LogP contribution < -0.4 is 9.64 Å². The Bertz CT molecular complexity index is 1360. The minimum absolute atomic E-state index is 0.00439. The number of hydrogen-bond donors (Lipinski definition) is 0. The first-order valence-electron chi connectivity index (χ1n) is 12.1. The highest BCUT2D eigenvalue weighted by molar-refractivity contribution is 6.05. The van der Waals surface area contributed by atoms with E-state index in [1.54, 1.807) is 13.2 Å². The highest BCUT2D eigenvalue weighted by Crippen LogP contribution is 2.45. The molecule has 3 aromatic carbocycles. The van der Waals surface area contributed by atoms with Crippen molar-refractivity contribution in [3.63, 3.8) is 0 Å². The topological polar surface area (TPSA) is 29.5 Å². The molecule has 1 amide bonds.